The summed E-state index contributed by atoms with van der Waals surface area (Å²) in [5, 5.41) is 13.1. The second-order valence-electron chi connectivity index (χ2n) is 9.57. The fraction of sp³-hybridized carbons (Fsp3) is 0.400. The molecule has 17 heteroatoms. The average Bonchev–Trinajstić information content (AvgIpc) is 3.70. The number of hydrogen-bond donors (Lipinski definition) is 1. The monoisotopic (exact) mass is 621 g/mol. The SMILES string of the molecule is CCOC1CCC(n2cc(NC(=O)c3csc(-c4cnn(C(C)OP(=O)([O-])[O-])c4)n3)c(-c3nc(F)ccc3F)n2)CC1. The van der Waals surface area contributed by atoms with Crippen LogP contribution in [-0.2, 0) is 13.8 Å². The Kier molecular flexibility index (Phi) is 8.92. The highest BCUT2D eigenvalue weighted by Gasteiger charge is 2.27. The molecule has 0 radical (unpaired) electrons. The minimum atomic E-state index is -5.23. The number of nitrogens with zero attached hydrogens (tertiary/aromatic N) is 6. The fourth-order valence-electron chi connectivity index (χ4n) is 4.72. The molecule has 0 spiro atoms. The molecule has 4 heterocycles. The number of thiazole rings is 1. The number of ether oxygens (including phenoxy) is 1. The highest BCUT2D eigenvalue weighted by atomic mass is 32.1. The van der Waals surface area contributed by atoms with Gasteiger partial charge in [0.15, 0.2) is 12.0 Å². The Morgan fingerprint density at radius 3 is 2.67 bits per heavy atom. The van der Waals surface area contributed by atoms with Gasteiger partial charge in [-0.25, -0.2) is 19.0 Å². The average molecular weight is 622 g/mol. The van der Waals surface area contributed by atoms with E-state index in [0.717, 1.165) is 53.8 Å². The third kappa shape index (κ3) is 6.97. The van der Waals surface area contributed by atoms with Crippen LogP contribution in [0.1, 0.15) is 62.3 Å². The molecule has 5 rings (SSSR count). The molecule has 224 valence electrons. The van der Waals surface area contributed by atoms with Gasteiger partial charge in [-0.15, -0.1) is 11.3 Å². The van der Waals surface area contributed by atoms with Gasteiger partial charge in [0.2, 0.25) is 5.95 Å². The molecule has 1 amide bonds. The number of halogens is 2. The van der Waals surface area contributed by atoms with Gasteiger partial charge in [-0.3, -0.25) is 9.48 Å². The van der Waals surface area contributed by atoms with Crippen LogP contribution in [0, 0.1) is 11.8 Å². The van der Waals surface area contributed by atoms with Crippen LogP contribution >= 0.6 is 19.2 Å². The highest BCUT2D eigenvalue weighted by molar-refractivity contribution is 7.43. The molecule has 1 unspecified atom stereocenters. The van der Waals surface area contributed by atoms with Crippen LogP contribution in [0.4, 0.5) is 14.5 Å². The summed E-state index contributed by atoms with van der Waals surface area (Å²) in [6, 6.07) is 1.81. The summed E-state index contributed by atoms with van der Waals surface area (Å²) in [7, 11) is -5.23. The van der Waals surface area contributed by atoms with Gasteiger partial charge in [-0.1, -0.05) is 0 Å². The van der Waals surface area contributed by atoms with Crippen molar-refractivity contribution in [3.05, 3.63) is 53.6 Å². The van der Waals surface area contributed by atoms with Crippen LogP contribution in [0.3, 0.4) is 0 Å². The molecular formula is C25H26F2N7O6PS-2. The lowest BCUT2D eigenvalue weighted by atomic mass is 9.93. The fourth-order valence-corrected chi connectivity index (χ4v) is 5.97. The summed E-state index contributed by atoms with van der Waals surface area (Å²) in [6.45, 7) is 3.90. The van der Waals surface area contributed by atoms with Crippen molar-refractivity contribution < 1.29 is 37.2 Å². The largest absolute Gasteiger partial charge is 0.790 e. The van der Waals surface area contributed by atoms with Crippen LogP contribution in [-0.4, -0.2) is 48.1 Å². The maximum atomic E-state index is 14.7. The molecule has 1 aliphatic rings. The highest BCUT2D eigenvalue weighted by Crippen LogP contribution is 2.35. The maximum Gasteiger partial charge on any atom is 0.275 e. The summed E-state index contributed by atoms with van der Waals surface area (Å²) in [5.74, 6) is -2.32. The zero-order valence-electron chi connectivity index (χ0n) is 22.5. The van der Waals surface area contributed by atoms with Gasteiger partial charge in [0.05, 0.1) is 31.9 Å². The van der Waals surface area contributed by atoms with Gasteiger partial charge in [0.25, 0.3) is 5.91 Å². The molecule has 0 saturated heterocycles. The first-order valence-electron chi connectivity index (χ1n) is 13.1. The minimum absolute atomic E-state index is 0.0213. The summed E-state index contributed by atoms with van der Waals surface area (Å²) in [4.78, 5) is 43.0. The van der Waals surface area contributed by atoms with Crippen molar-refractivity contribution in [1.29, 1.82) is 0 Å². The molecular weight excluding hydrogens is 595 g/mol. The standard InChI is InChI=1S/C25H28F2N7O6PS/c1-3-39-17-6-4-16(5-7-17)34-12-19(23(32-34)22-18(26)8-9-21(27)31-22)29-24(35)20-13-42-25(30-20)15-10-28-33(11-15)14(2)40-41(36,37)38/h8-14,16-17H,3-7H2,1-2H3,(H,29,35)(H2,36,37,38)/p-2. The normalized spacial score (nSPS) is 18.2. The lowest BCUT2D eigenvalue weighted by Crippen LogP contribution is -2.24. The quantitative estimate of drug-likeness (QED) is 0.203. The van der Waals surface area contributed by atoms with Crippen LogP contribution in [0.5, 0.6) is 0 Å². The van der Waals surface area contributed by atoms with E-state index in [-0.39, 0.29) is 34.9 Å². The lowest BCUT2D eigenvalue weighted by Gasteiger charge is -2.31. The summed E-state index contributed by atoms with van der Waals surface area (Å²) in [6.07, 6.45) is 6.50. The van der Waals surface area contributed by atoms with E-state index in [1.165, 1.54) is 24.7 Å². The number of hydrogen-bond acceptors (Lipinski definition) is 11. The minimum Gasteiger partial charge on any atom is -0.790 e. The van der Waals surface area contributed by atoms with Crippen LogP contribution in [0.25, 0.3) is 22.0 Å². The Bertz CT molecular complexity index is 1610. The number of pyridine rings is 1. The molecule has 0 aromatic carbocycles. The Morgan fingerprint density at radius 2 is 1.95 bits per heavy atom. The molecule has 1 aliphatic carbocycles. The first-order valence-corrected chi connectivity index (χ1v) is 15.4. The van der Waals surface area contributed by atoms with E-state index in [4.69, 9.17) is 4.74 Å². The number of nitrogens with one attached hydrogen (secondary N) is 1. The number of phosphoric ester groups is 1. The molecule has 0 aliphatic heterocycles. The Labute approximate surface area is 242 Å². The van der Waals surface area contributed by atoms with Gasteiger partial charge in [0, 0.05) is 29.9 Å². The van der Waals surface area contributed by atoms with E-state index < -0.39 is 31.7 Å². The van der Waals surface area contributed by atoms with Gasteiger partial charge in [0.1, 0.15) is 22.1 Å². The molecule has 13 nitrogen and oxygen atoms in total. The molecule has 4 aromatic heterocycles. The molecule has 4 aromatic rings. The number of aromatic nitrogens is 6. The molecule has 1 saturated carbocycles. The van der Waals surface area contributed by atoms with Crippen molar-refractivity contribution in [1.82, 2.24) is 29.5 Å². The Morgan fingerprint density at radius 1 is 1.19 bits per heavy atom. The van der Waals surface area contributed by atoms with Crippen molar-refractivity contribution in [2.45, 2.75) is 57.9 Å². The van der Waals surface area contributed by atoms with Crippen molar-refractivity contribution in [2.75, 3.05) is 11.9 Å². The van der Waals surface area contributed by atoms with Gasteiger partial charge in [-0.2, -0.15) is 14.6 Å². The second kappa shape index (κ2) is 12.5. The van der Waals surface area contributed by atoms with Gasteiger partial charge < -0.3 is 28.9 Å². The van der Waals surface area contributed by atoms with Crippen LogP contribution < -0.4 is 15.1 Å². The zero-order valence-corrected chi connectivity index (χ0v) is 24.2. The van der Waals surface area contributed by atoms with Crippen LogP contribution in [0.2, 0.25) is 0 Å². The summed E-state index contributed by atoms with van der Waals surface area (Å²) >= 11 is 1.12. The van der Waals surface area contributed by atoms with Crippen molar-refractivity contribution in [3.63, 3.8) is 0 Å². The topological polar surface area (TPSA) is 172 Å². The molecule has 0 bridgehead atoms. The zero-order chi connectivity index (χ0) is 30.0. The lowest BCUT2D eigenvalue weighted by molar-refractivity contribution is -0.347. The number of phosphoric acid groups is 1. The van der Waals surface area contributed by atoms with E-state index in [1.54, 1.807) is 10.9 Å². The number of amides is 1. The molecule has 1 N–H and O–H groups in total. The van der Waals surface area contributed by atoms with Gasteiger partial charge in [-0.05, 0) is 51.7 Å². The molecule has 1 fully saturated rings. The molecule has 1 atom stereocenters. The van der Waals surface area contributed by atoms with Crippen molar-refractivity contribution >= 4 is 30.8 Å². The third-order valence-electron chi connectivity index (χ3n) is 6.68. The predicted molar refractivity (Wildman–Crippen MR) is 143 cm³/mol. The Balaban J connectivity index is 1.37. The van der Waals surface area contributed by atoms with E-state index in [9.17, 15) is 27.9 Å². The summed E-state index contributed by atoms with van der Waals surface area (Å²) < 4.78 is 52.5. The van der Waals surface area contributed by atoms with E-state index in [2.05, 4.69) is 30.0 Å². The number of rotatable bonds is 10. The van der Waals surface area contributed by atoms with Crippen molar-refractivity contribution in [2.24, 2.45) is 0 Å². The van der Waals surface area contributed by atoms with E-state index >= 15 is 0 Å². The van der Waals surface area contributed by atoms with Gasteiger partial charge >= 0.3 is 0 Å². The Hall–Kier alpha value is -3.40. The van der Waals surface area contributed by atoms with Crippen LogP contribution in [0.15, 0.2) is 36.1 Å². The van der Waals surface area contributed by atoms with E-state index in [1.807, 2.05) is 6.92 Å². The maximum absolute atomic E-state index is 14.7. The summed E-state index contributed by atoms with van der Waals surface area (Å²) in [5.41, 5.74) is 0.252. The molecule has 42 heavy (non-hydrogen) atoms. The number of carbonyl (C=O) groups is 1. The number of anilines is 1. The van der Waals surface area contributed by atoms with E-state index in [0.29, 0.717) is 17.2 Å². The second-order valence-corrected chi connectivity index (χ2v) is 11.5. The van der Waals surface area contributed by atoms with Crippen molar-refractivity contribution in [3.8, 4) is 22.0 Å². The third-order valence-corrected chi connectivity index (χ3v) is 8.13. The number of carbonyl (C=O) groups excluding carboxylic acids is 1. The first kappa shape index (κ1) is 30.1. The first-order chi connectivity index (χ1) is 20.0. The smallest absolute Gasteiger partial charge is 0.275 e. The predicted octanol–water partition coefficient (Wildman–Crippen LogP) is 3.68.